The molecule has 5 N–H and O–H groups in total. The maximum absolute atomic E-state index is 15.5. The molecule has 0 fully saturated rings. The van der Waals surface area contributed by atoms with Crippen LogP contribution in [0.15, 0.2) is 110 Å². The highest BCUT2D eigenvalue weighted by Crippen LogP contribution is 2.33. The molecule has 2 heterocycles. The van der Waals surface area contributed by atoms with Gasteiger partial charge in [-0.25, -0.2) is 19.4 Å². The number of carbonyl (C=O) groups is 1. The number of aromatic nitrogens is 6. The number of nitrogens with one attached hydrogen (secondary N) is 2. The van der Waals surface area contributed by atoms with Gasteiger partial charge in [0, 0.05) is 17.2 Å². The van der Waals surface area contributed by atoms with E-state index in [0.29, 0.717) is 34.8 Å². The topological polar surface area (TPSA) is 147 Å². The lowest BCUT2D eigenvalue weighted by Gasteiger charge is -2.16. The van der Waals surface area contributed by atoms with E-state index < -0.39 is 11.9 Å². The van der Waals surface area contributed by atoms with Gasteiger partial charge in [0.25, 0.3) is 0 Å². The molecule has 228 valence electrons. The van der Waals surface area contributed by atoms with Crippen LogP contribution in [-0.2, 0) is 11.2 Å². The van der Waals surface area contributed by atoms with Gasteiger partial charge < -0.3 is 9.72 Å². The highest BCUT2D eigenvalue weighted by atomic mass is 35.5. The second-order valence-electron chi connectivity index (χ2n) is 9.81. The van der Waals surface area contributed by atoms with Gasteiger partial charge in [-0.15, -0.1) is 5.10 Å². The lowest BCUT2D eigenvalue weighted by Crippen LogP contribution is -2.73. The predicted octanol–water partition coefficient (Wildman–Crippen LogP) is 5.46. The number of H-pyrrole nitrogens is 1. The molecule has 45 heavy (non-hydrogen) atoms. The number of halogens is 2. The molecule has 3 aromatic carbocycles. The number of carbonyl (C=O) groups excluding carboxylic acids is 1. The van der Waals surface area contributed by atoms with Crippen molar-refractivity contribution in [1.82, 2.24) is 30.2 Å². The smallest absolute Gasteiger partial charge is 0.411 e. The SMILES string of the molecule is C=C(C=CC(=C[NH2+]O)c1c(-n2cnnn2)ccc(Cl)c1F)C(Cc1ccccc1)c1ncc(-c2ccc(NC(=O)OC)cc2)[nH]1. The summed E-state index contributed by atoms with van der Waals surface area (Å²) in [5.41, 5.74) is 5.51. The Morgan fingerprint density at radius 1 is 1.18 bits per heavy atom. The third-order valence-electron chi connectivity index (χ3n) is 6.97. The van der Waals surface area contributed by atoms with Gasteiger partial charge in [-0.3, -0.25) is 5.32 Å². The van der Waals surface area contributed by atoms with Crippen LogP contribution in [0.3, 0.4) is 0 Å². The van der Waals surface area contributed by atoms with Crippen molar-refractivity contribution in [3.8, 4) is 16.9 Å². The standard InChI is InChI=1S/C32H28ClFN8O3/c1-20(8-9-23(17-37-44)29-28(42-19-36-40-41-42)15-14-26(33)30(29)34)25(16-21-6-4-3-5-7-21)31-35-18-27(39-31)22-10-12-24(13-11-22)38-32(43)45-2/h3-15,17-19,25,37,44H,1,16H2,2H3,(H,35,39)(H,38,43)/p+1. The molecule has 1 unspecified atom stereocenters. The molecule has 0 aliphatic heterocycles. The number of hydroxylamine groups is 1. The summed E-state index contributed by atoms with van der Waals surface area (Å²) in [5, 5.41) is 23.4. The van der Waals surface area contributed by atoms with Crippen LogP contribution in [0.1, 0.15) is 22.9 Å². The number of nitrogens with zero attached hydrogens (tertiary/aromatic N) is 5. The first-order valence-corrected chi connectivity index (χ1v) is 14.1. The van der Waals surface area contributed by atoms with E-state index in [4.69, 9.17) is 11.6 Å². The summed E-state index contributed by atoms with van der Waals surface area (Å²) in [6.07, 6.45) is 7.84. The molecule has 2 aromatic heterocycles. The van der Waals surface area contributed by atoms with Crippen LogP contribution in [0.5, 0.6) is 0 Å². The number of hydrogen-bond acceptors (Lipinski definition) is 7. The highest BCUT2D eigenvalue weighted by Gasteiger charge is 2.21. The minimum absolute atomic E-state index is 0.0918. The number of aromatic amines is 1. The van der Waals surface area contributed by atoms with E-state index in [9.17, 15) is 10.0 Å². The zero-order chi connectivity index (χ0) is 31.8. The van der Waals surface area contributed by atoms with Crippen molar-refractivity contribution < 1.29 is 24.6 Å². The van der Waals surface area contributed by atoms with Gasteiger partial charge in [0.05, 0.1) is 35.3 Å². The van der Waals surface area contributed by atoms with Crippen LogP contribution < -0.4 is 10.8 Å². The van der Waals surface area contributed by atoms with Crippen LogP contribution in [-0.4, -0.2) is 48.6 Å². The summed E-state index contributed by atoms with van der Waals surface area (Å²) < 4.78 is 21.4. The molecule has 0 aliphatic carbocycles. The average molecular weight is 628 g/mol. The zero-order valence-electron chi connectivity index (χ0n) is 24.1. The van der Waals surface area contributed by atoms with E-state index >= 15 is 4.39 Å². The molecule has 0 bridgehead atoms. The van der Waals surface area contributed by atoms with Crippen molar-refractivity contribution in [3.63, 3.8) is 0 Å². The Labute approximate surface area is 262 Å². The fraction of sp³-hybridized carbons (Fsp3) is 0.0938. The quantitative estimate of drug-likeness (QED) is 0.112. The Balaban J connectivity index is 1.47. The second-order valence-corrected chi connectivity index (χ2v) is 10.2. The Bertz CT molecular complexity index is 1840. The minimum Gasteiger partial charge on any atom is -0.453 e. The van der Waals surface area contributed by atoms with Crippen molar-refractivity contribution in [2.45, 2.75) is 12.3 Å². The number of ether oxygens (including phenoxy) is 1. The van der Waals surface area contributed by atoms with Crippen LogP contribution in [0.25, 0.3) is 22.5 Å². The normalized spacial score (nSPS) is 12.3. The number of allylic oxidation sites excluding steroid dienone is 4. The van der Waals surface area contributed by atoms with Gasteiger partial charge in [-0.05, 0) is 63.9 Å². The molecule has 13 heteroatoms. The molecule has 5 rings (SSSR count). The van der Waals surface area contributed by atoms with Gasteiger partial charge in [-0.1, -0.05) is 66.7 Å². The maximum atomic E-state index is 15.5. The van der Waals surface area contributed by atoms with E-state index in [-0.39, 0.29) is 16.5 Å². The lowest BCUT2D eigenvalue weighted by molar-refractivity contribution is -0.837. The highest BCUT2D eigenvalue weighted by molar-refractivity contribution is 6.31. The number of benzene rings is 3. The number of anilines is 1. The summed E-state index contributed by atoms with van der Waals surface area (Å²) in [6, 6.07) is 20.1. The molecule has 0 saturated carbocycles. The molecular weight excluding hydrogens is 599 g/mol. The van der Waals surface area contributed by atoms with Crippen molar-refractivity contribution in [2.75, 3.05) is 12.4 Å². The fourth-order valence-corrected chi connectivity index (χ4v) is 4.87. The Kier molecular flexibility index (Phi) is 9.90. The molecule has 5 aromatic rings. The predicted molar refractivity (Wildman–Crippen MR) is 167 cm³/mol. The minimum atomic E-state index is -0.697. The van der Waals surface area contributed by atoms with Gasteiger partial charge in [-0.2, -0.15) is 10.2 Å². The number of hydrogen-bond donors (Lipinski definition) is 4. The molecule has 0 spiro atoms. The van der Waals surface area contributed by atoms with Gasteiger partial charge in [0.15, 0.2) is 5.82 Å². The van der Waals surface area contributed by atoms with E-state index in [1.165, 1.54) is 30.4 Å². The van der Waals surface area contributed by atoms with E-state index in [0.717, 1.165) is 22.3 Å². The first kappa shape index (κ1) is 31.0. The number of methoxy groups -OCH3 is 1. The van der Waals surface area contributed by atoms with Crippen molar-refractivity contribution >= 4 is 29.0 Å². The van der Waals surface area contributed by atoms with Crippen LogP contribution in [0.2, 0.25) is 5.02 Å². The molecule has 1 amide bonds. The molecular formula is C32H29ClFN8O3+. The fourth-order valence-electron chi connectivity index (χ4n) is 4.71. The summed E-state index contributed by atoms with van der Waals surface area (Å²) >= 11 is 6.15. The van der Waals surface area contributed by atoms with Crippen LogP contribution >= 0.6 is 11.6 Å². The number of amides is 1. The summed E-state index contributed by atoms with van der Waals surface area (Å²) in [7, 11) is 1.30. The molecule has 0 radical (unpaired) electrons. The van der Waals surface area contributed by atoms with Gasteiger partial charge in [0.1, 0.15) is 18.4 Å². The van der Waals surface area contributed by atoms with Crippen molar-refractivity contribution in [3.05, 3.63) is 138 Å². The Hall–Kier alpha value is -5.43. The number of rotatable bonds is 11. The summed E-state index contributed by atoms with van der Waals surface area (Å²) in [4.78, 5) is 19.6. The Morgan fingerprint density at radius 2 is 1.96 bits per heavy atom. The zero-order valence-corrected chi connectivity index (χ0v) is 24.8. The Morgan fingerprint density at radius 3 is 2.64 bits per heavy atom. The second kappa shape index (κ2) is 14.4. The van der Waals surface area contributed by atoms with Crippen molar-refractivity contribution in [2.24, 2.45) is 0 Å². The van der Waals surface area contributed by atoms with E-state index in [1.54, 1.807) is 36.5 Å². The number of tetrazole rings is 1. The molecule has 11 nitrogen and oxygen atoms in total. The van der Waals surface area contributed by atoms with Crippen molar-refractivity contribution in [1.29, 1.82) is 0 Å². The summed E-state index contributed by atoms with van der Waals surface area (Å²) in [5.74, 6) is -0.319. The molecule has 0 aliphatic rings. The number of nitrogens with two attached hydrogens (primary N) is 1. The van der Waals surface area contributed by atoms with E-state index in [1.807, 2.05) is 42.5 Å². The first-order valence-electron chi connectivity index (χ1n) is 13.7. The monoisotopic (exact) mass is 627 g/mol. The van der Waals surface area contributed by atoms with Gasteiger partial charge in [0.2, 0.25) is 0 Å². The summed E-state index contributed by atoms with van der Waals surface area (Å²) in [6.45, 7) is 4.34. The number of quaternary nitrogens is 1. The van der Waals surface area contributed by atoms with Crippen LogP contribution in [0, 0.1) is 5.82 Å². The largest absolute Gasteiger partial charge is 0.453 e. The average Bonchev–Trinajstić information content (AvgIpc) is 3.77. The third kappa shape index (κ3) is 7.39. The lowest BCUT2D eigenvalue weighted by atomic mass is 9.91. The molecule has 1 atom stereocenters. The van der Waals surface area contributed by atoms with Crippen LogP contribution in [0.4, 0.5) is 14.9 Å². The maximum Gasteiger partial charge on any atom is 0.411 e. The first-order chi connectivity index (χ1) is 21.9. The molecule has 0 saturated heterocycles. The van der Waals surface area contributed by atoms with E-state index in [2.05, 4.69) is 42.1 Å². The third-order valence-corrected chi connectivity index (χ3v) is 7.26. The van der Waals surface area contributed by atoms with Gasteiger partial charge >= 0.3 is 6.09 Å². The number of imidazole rings is 1.